The molecule has 2 rings (SSSR count). The zero-order valence-corrected chi connectivity index (χ0v) is 11.3. The molecule has 0 spiro atoms. The number of carboxylic acids is 1. The lowest BCUT2D eigenvalue weighted by molar-refractivity contribution is -0.156. The summed E-state index contributed by atoms with van der Waals surface area (Å²) >= 11 is 0. The zero-order chi connectivity index (χ0) is 14.5. The first-order valence-corrected chi connectivity index (χ1v) is 6.47. The standard InChI is InChI=1S/C14H18N2O4/c1-20-12(10-5-3-2-4-6-10)13(17)16-8-7-15-9-11(16)14(18)19/h2-6,11-12,15H,7-9H2,1H3,(H,18,19). The molecule has 108 valence electrons. The molecule has 0 radical (unpaired) electrons. The van der Waals surface area contributed by atoms with E-state index in [9.17, 15) is 14.7 Å². The minimum absolute atomic E-state index is 0.256. The molecule has 2 unspecified atom stereocenters. The molecule has 0 aromatic heterocycles. The van der Waals surface area contributed by atoms with E-state index in [4.69, 9.17) is 4.74 Å². The Morgan fingerprint density at radius 2 is 2.10 bits per heavy atom. The number of carbonyl (C=O) groups is 2. The van der Waals surface area contributed by atoms with E-state index in [1.54, 1.807) is 12.1 Å². The molecule has 1 fully saturated rings. The average molecular weight is 278 g/mol. The lowest BCUT2D eigenvalue weighted by atomic mass is 10.1. The van der Waals surface area contributed by atoms with E-state index in [1.807, 2.05) is 18.2 Å². The van der Waals surface area contributed by atoms with Crippen LogP contribution < -0.4 is 5.32 Å². The molecule has 1 saturated heterocycles. The Morgan fingerprint density at radius 3 is 2.70 bits per heavy atom. The van der Waals surface area contributed by atoms with E-state index in [1.165, 1.54) is 12.0 Å². The molecule has 1 aromatic rings. The fraction of sp³-hybridized carbons (Fsp3) is 0.429. The lowest BCUT2D eigenvalue weighted by Gasteiger charge is -2.35. The predicted octanol–water partition coefficient (Wildman–Crippen LogP) is 0.259. The van der Waals surface area contributed by atoms with Crippen LogP contribution in [0.4, 0.5) is 0 Å². The maximum Gasteiger partial charge on any atom is 0.327 e. The Labute approximate surface area is 117 Å². The number of nitrogens with zero attached hydrogens (tertiary/aromatic N) is 1. The van der Waals surface area contributed by atoms with E-state index in [-0.39, 0.29) is 12.5 Å². The van der Waals surface area contributed by atoms with Crippen molar-refractivity contribution in [1.29, 1.82) is 0 Å². The van der Waals surface area contributed by atoms with Gasteiger partial charge in [-0.3, -0.25) is 4.79 Å². The number of benzene rings is 1. The summed E-state index contributed by atoms with van der Waals surface area (Å²) in [4.78, 5) is 25.2. The second kappa shape index (κ2) is 6.49. The highest BCUT2D eigenvalue weighted by atomic mass is 16.5. The largest absolute Gasteiger partial charge is 0.480 e. The summed E-state index contributed by atoms with van der Waals surface area (Å²) < 4.78 is 5.27. The van der Waals surface area contributed by atoms with Crippen molar-refractivity contribution in [3.63, 3.8) is 0 Å². The van der Waals surface area contributed by atoms with Gasteiger partial charge in [-0.15, -0.1) is 0 Å². The first-order chi connectivity index (χ1) is 9.65. The monoisotopic (exact) mass is 278 g/mol. The smallest absolute Gasteiger partial charge is 0.327 e. The molecule has 0 saturated carbocycles. The SMILES string of the molecule is COC(C(=O)N1CCNCC1C(=O)O)c1ccccc1. The van der Waals surface area contributed by atoms with Crippen molar-refractivity contribution in [2.75, 3.05) is 26.7 Å². The third kappa shape index (κ3) is 2.97. The summed E-state index contributed by atoms with van der Waals surface area (Å²) in [6, 6.07) is 8.24. The van der Waals surface area contributed by atoms with Crippen molar-refractivity contribution in [3.05, 3.63) is 35.9 Å². The van der Waals surface area contributed by atoms with Gasteiger partial charge in [-0.2, -0.15) is 0 Å². The third-order valence-corrected chi connectivity index (χ3v) is 3.37. The van der Waals surface area contributed by atoms with Gasteiger partial charge in [-0.25, -0.2) is 4.79 Å². The summed E-state index contributed by atoms with van der Waals surface area (Å²) in [5.74, 6) is -1.32. The van der Waals surface area contributed by atoms with E-state index in [2.05, 4.69) is 5.32 Å². The average Bonchev–Trinajstić information content (AvgIpc) is 2.49. The van der Waals surface area contributed by atoms with Crippen LogP contribution in [0, 0.1) is 0 Å². The number of nitrogens with one attached hydrogen (secondary N) is 1. The van der Waals surface area contributed by atoms with Gasteiger partial charge in [-0.1, -0.05) is 30.3 Å². The summed E-state index contributed by atoms with van der Waals surface area (Å²) in [6.07, 6.45) is -0.767. The molecular formula is C14H18N2O4. The molecular weight excluding hydrogens is 260 g/mol. The van der Waals surface area contributed by atoms with Crippen molar-refractivity contribution in [1.82, 2.24) is 10.2 Å². The molecule has 2 N–H and O–H groups in total. The molecule has 0 bridgehead atoms. The second-order valence-corrected chi connectivity index (χ2v) is 4.62. The van der Waals surface area contributed by atoms with Crippen LogP contribution in [0.2, 0.25) is 0 Å². The molecule has 1 aromatic carbocycles. The van der Waals surface area contributed by atoms with Gasteiger partial charge < -0.3 is 20.1 Å². The topological polar surface area (TPSA) is 78.9 Å². The number of methoxy groups -OCH3 is 1. The number of carboxylic acid groups (broad SMARTS) is 1. The fourth-order valence-corrected chi connectivity index (χ4v) is 2.35. The van der Waals surface area contributed by atoms with Gasteiger partial charge in [-0.05, 0) is 5.56 Å². The maximum atomic E-state index is 12.6. The van der Waals surface area contributed by atoms with Crippen LogP contribution in [0.25, 0.3) is 0 Å². The van der Waals surface area contributed by atoms with Crippen molar-refractivity contribution < 1.29 is 19.4 Å². The van der Waals surface area contributed by atoms with Gasteiger partial charge in [0.05, 0.1) is 0 Å². The lowest BCUT2D eigenvalue weighted by Crippen LogP contribution is -2.58. The van der Waals surface area contributed by atoms with Gasteiger partial charge in [0, 0.05) is 26.7 Å². The minimum atomic E-state index is -1.01. The predicted molar refractivity (Wildman–Crippen MR) is 72.2 cm³/mol. The molecule has 0 aliphatic carbocycles. The van der Waals surface area contributed by atoms with Crippen LogP contribution in [-0.4, -0.2) is 54.7 Å². The Bertz CT molecular complexity index is 477. The molecule has 1 heterocycles. The summed E-state index contributed by atoms with van der Waals surface area (Å²) in [5.41, 5.74) is 0.725. The normalized spacial score (nSPS) is 20.4. The van der Waals surface area contributed by atoms with E-state index >= 15 is 0 Å². The number of aliphatic carboxylic acids is 1. The number of rotatable bonds is 4. The number of piperazine rings is 1. The molecule has 6 nitrogen and oxygen atoms in total. The van der Waals surface area contributed by atoms with Gasteiger partial charge in [0.2, 0.25) is 0 Å². The van der Waals surface area contributed by atoms with Gasteiger partial charge in [0.15, 0.2) is 6.10 Å². The van der Waals surface area contributed by atoms with Crippen molar-refractivity contribution in [2.45, 2.75) is 12.1 Å². The van der Waals surface area contributed by atoms with Crippen LogP contribution in [0.1, 0.15) is 11.7 Å². The fourth-order valence-electron chi connectivity index (χ4n) is 2.35. The van der Waals surface area contributed by atoms with Gasteiger partial charge in [0.25, 0.3) is 5.91 Å². The van der Waals surface area contributed by atoms with E-state index in [0.717, 1.165) is 5.56 Å². The number of amides is 1. The van der Waals surface area contributed by atoms with Crippen molar-refractivity contribution in [2.24, 2.45) is 0 Å². The molecule has 1 aliphatic rings. The molecule has 1 amide bonds. The van der Waals surface area contributed by atoms with E-state index in [0.29, 0.717) is 13.1 Å². The van der Waals surface area contributed by atoms with Gasteiger partial charge >= 0.3 is 5.97 Å². The summed E-state index contributed by atoms with van der Waals surface area (Å²) in [5, 5.41) is 12.2. The Morgan fingerprint density at radius 1 is 1.40 bits per heavy atom. The van der Waals surface area contributed by atoms with Gasteiger partial charge in [0.1, 0.15) is 6.04 Å². The Balaban J connectivity index is 2.21. The first kappa shape index (κ1) is 14.5. The van der Waals surface area contributed by atoms with Crippen LogP contribution in [0.3, 0.4) is 0 Å². The highest BCUT2D eigenvalue weighted by molar-refractivity contribution is 5.87. The van der Waals surface area contributed by atoms with E-state index < -0.39 is 18.1 Å². The second-order valence-electron chi connectivity index (χ2n) is 4.62. The maximum absolute atomic E-state index is 12.6. The number of carbonyl (C=O) groups excluding carboxylic acids is 1. The quantitative estimate of drug-likeness (QED) is 0.826. The molecule has 1 aliphatic heterocycles. The summed E-state index contributed by atoms with van der Waals surface area (Å²) in [6.45, 7) is 1.20. The molecule has 2 atom stereocenters. The number of hydrogen-bond acceptors (Lipinski definition) is 4. The van der Waals surface area contributed by atoms with Crippen molar-refractivity contribution >= 4 is 11.9 Å². The summed E-state index contributed by atoms with van der Waals surface area (Å²) in [7, 11) is 1.45. The van der Waals surface area contributed by atoms with Crippen LogP contribution in [0.15, 0.2) is 30.3 Å². The molecule has 6 heteroatoms. The Kier molecular flexibility index (Phi) is 4.70. The molecule has 20 heavy (non-hydrogen) atoms. The first-order valence-electron chi connectivity index (χ1n) is 6.47. The number of ether oxygens (including phenoxy) is 1. The van der Waals surface area contributed by atoms with Crippen LogP contribution in [0.5, 0.6) is 0 Å². The third-order valence-electron chi connectivity index (χ3n) is 3.37. The number of hydrogen-bond donors (Lipinski definition) is 2. The Hall–Kier alpha value is -1.92. The van der Waals surface area contributed by atoms with Crippen molar-refractivity contribution in [3.8, 4) is 0 Å². The zero-order valence-electron chi connectivity index (χ0n) is 11.3. The highest BCUT2D eigenvalue weighted by Gasteiger charge is 2.36. The minimum Gasteiger partial charge on any atom is -0.480 e. The van der Waals surface area contributed by atoms with Crippen LogP contribution >= 0.6 is 0 Å². The van der Waals surface area contributed by atoms with Crippen LogP contribution in [-0.2, 0) is 14.3 Å². The highest BCUT2D eigenvalue weighted by Crippen LogP contribution is 2.21.